The van der Waals surface area contributed by atoms with Gasteiger partial charge < -0.3 is 18.3 Å². The molecule has 20 aromatic rings. The monoisotopic (exact) mass is 1300 g/mol. The first-order chi connectivity index (χ1) is 49.6. The fourth-order valence-electron chi connectivity index (χ4n) is 15.5. The minimum atomic E-state index is 0. The van der Waals surface area contributed by atoms with Crippen molar-refractivity contribution in [3.63, 3.8) is 0 Å². The largest absolute Gasteiger partial charge is 0.309 e. The van der Waals surface area contributed by atoms with E-state index in [0.29, 0.717) is 0 Å². The van der Waals surface area contributed by atoms with Gasteiger partial charge in [0.1, 0.15) is 0 Å². The molecule has 4 nitrogen and oxygen atoms in total. The van der Waals surface area contributed by atoms with Crippen molar-refractivity contribution in [2.24, 2.45) is 0 Å². The summed E-state index contributed by atoms with van der Waals surface area (Å²) in [7, 11) is 0. The number of para-hydroxylation sites is 4. The van der Waals surface area contributed by atoms with Crippen LogP contribution < -0.4 is 0 Å². The second-order valence-electron chi connectivity index (χ2n) is 26.0. The molecule has 4 aromatic heterocycles. The van der Waals surface area contributed by atoms with Gasteiger partial charge in [0.25, 0.3) is 0 Å². The molecule has 0 aliphatic heterocycles. The molecule has 0 N–H and O–H groups in total. The van der Waals surface area contributed by atoms with E-state index in [1.807, 2.05) is 0 Å². The fourth-order valence-corrected chi connectivity index (χ4v) is 15.5. The summed E-state index contributed by atoms with van der Waals surface area (Å²) < 4.78 is 9.62. The molecule has 0 aliphatic rings. The van der Waals surface area contributed by atoms with Gasteiger partial charge in [-0.05, 0) is 188 Å². The number of nitrogens with zero attached hydrogens (tertiary/aromatic N) is 4. The topological polar surface area (TPSA) is 19.7 Å². The van der Waals surface area contributed by atoms with Crippen molar-refractivity contribution >= 4 is 87.2 Å². The summed E-state index contributed by atoms with van der Waals surface area (Å²) in [5, 5.41) is 10.0. The van der Waals surface area contributed by atoms with E-state index in [1.54, 1.807) is 0 Å². The summed E-state index contributed by atoms with van der Waals surface area (Å²) >= 11 is 0. The number of aromatic nitrogens is 4. The Labute approximate surface area is 594 Å². The molecule has 20 rings (SSSR count). The number of hydrogen-bond acceptors (Lipinski definition) is 0. The predicted octanol–water partition coefficient (Wildman–Crippen LogP) is 27.0. The summed E-state index contributed by atoms with van der Waals surface area (Å²) in [6.07, 6.45) is 0. The Morgan fingerprint density at radius 1 is 0.118 bits per heavy atom. The molecule has 0 fully saturated rings. The van der Waals surface area contributed by atoms with Gasteiger partial charge in [-0.15, -0.1) is 0 Å². The highest BCUT2D eigenvalue weighted by molar-refractivity contribution is 6.15. The van der Waals surface area contributed by atoms with Crippen LogP contribution in [0.4, 0.5) is 0 Å². The molecule has 0 spiro atoms. The summed E-state index contributed by atoms with van der Waals surface area (Å²) in [5.41, 5.74) is 28.9. The van der Waals surface area contributed by atoms with Crippen LogP contribution in [0.25, 0.3) is 177 Å². The quantitative estimate of drug-likeness (QED) is 0.130. The van der Waals surface area contributed by atoms with Gasteiger partial charge in [0.15, 0.2) is 0 Å². The van der Waals surface area contributed by atoms with E-state index in [9.17, 15) is 0 Å². The third-order valence-electron chi connectivity index (χ3n) is 20.2. The van der Waals surface area contributed by atoms with Crippen molar-refractivity contribution in [3.05, 3.63) is 388 Å². The number of fused-ring (bicyclic) bond motifs is 12. The van der Waals surface area contributed by atoms with E-state index in [0.717, 1.165) is 22.7 Å². The van der Waals surface area contributed by atoms with Crippen LogP contribution in [0.5, 0.6) is 0 Å². The molecule has 16 aromatic carbocycles. The van der Waals surface area contributed by atoms with Crippen molar-refractivity contribution in [1.82, 2.24) is 18.3 Å². The first-order valence-corrected chi connectivity index (χ1v) is 34.4. The van der Waals surface area contributed by atoms with Crippen LogP contribution in [-0.4, -0.2) is 18.3 Å². The van der Waals surface area contributed by atoms with Crippen LogP contribution in [0.15, 0.2) is 388 Å². The second-order valence-corrected chi connectivity index (χ2v) is 26.0. The van der Waals surface area contributed by atoms with Gasteiger partial charge in [0.2, 0.25) is 0 Å². The molecule has 0 amide bonds. The predicted molar refractivity (Wildman–Crippen MR) is 436 cm³/mol. The molecule has 4 heteroatoms. The molecule has 102 heavy (non-hydrogen) atoms. The highest BCUT2D eigenvalue weighted by Crippen LogP contribution is 2.43. The highest BCUT2D eigenvalue weighted by Gasteiger charge is 2.20. The average molecular weight is 1310 g/mol. The minimum absolute atomic E-state index is 0. The Balaban J connectivity index is 0.000000149. The highest BCUT2D eigenvalue weighted by atomic mass is 15.0. The molecule has 0 bridgehead atoms. The van der Waals surface area contributed by atoms with Gasteiger partial charge in [-0.3, -0.25) is 0 Å². The Hall–Kier alpha value is -13.3. The van der Waals surface area contributed by atoms with Gasteiger partial charge >= 0.3 is 0 Å². The van der Waals surface area contributed by atoms with Gasteiger partial charge in [-0.1, -0.05) is 282 Å². The summed E-state index contributed by atoms with van der Waals surface area (Å²) in [6.45, 7) is 0. The number of rotatable bonds is 10. The lowest BCUT2D eigenvalue weighted by Crippen LogP contribution is -1.94. The minimum Gasteiger partial charge on any atom is -0.309 e. The van der Waals surface area contributed by atoms with E-state index in [1.165, 1.54) is 154 Å². The van der Waals surface area contributed by atoms with Crippen molar-refractivity contribution < 1.29 is 0 Å². The Morgan fingerprint density at radius 3 is 0.520 bits per heavy atom. The maximum absolute atomic E-state index is 2.40. The van der Waals surface area contributed by atoms with Crippen molar-refractivity contribution in [2.75, 3.05) is 0 Å². The first-order valence-electron chi connectivity index (χ1n) is 34.4. The molecule has 0 radical (unpaired) electrons. The smallest absolute Gasteiger partial charge is 0.0541 e. The van der Waals surface area contributed by atoms with Crippen molar-refractivity contribution in [2.45, 2.75) is 14.9 Å². The zero-order chi connectivity index (χ0) is 66.0. The first kappa shape index (κ1) is 62.3. The lowest BCUT2D eigenvalue weighted by Gasteiger charge is -2.11. The van der Waals surface area contributed by atoms with Crippen molar-refractivity contribution in [1.29, 1.82) is 0 Å². The maximum Gasteiger partial charge on any atom is 0.0541 e. The SMILES string of the molecule is C.C.c1ccc(-c2cccc(-n3c4ccccc4c4cc(-c5ccc6c(c5)c5ccccc5n6-c5cccc(-c6ccccc6)c5)ccc43)c2)cc1.c1ccc(-c2cccc(-n3c4ccccc4c4cc(-c5ccc6c(c5)c5ccccc5n6-c5cccc(-c6ccccc6)c5)ccc43)c2)cc1. The van der Waals surface area contributed by atoms with E-state index < -0.39 is 0 Å². The molecule has 0 atom stereocenters. The van der Waals surface area contributed by atoms with Crippen LogP contribution >= 0.6 is 0 Å². The maximum atomic E-state index is 2.40. The fraction of sp³-hybridized carbons (Fsp3) is 0.0204. The molecule has 0 saturated heterocycles. The Bertz CT molecular complexity index is 5710. The van der Waals surface area contributed by atoms with Crippen LogP contribution in [0, 0.1) is 0 Å². The normalized spacial score (nSPS) is 11.4. The molecule has 484 valence electrons. The molecule has 0 saturated carbocycles. The van der Waals surface area contributed by atoms with Crippen LogP contribution in [0.1, 0.15) is 14.9 Å². The molecule has 0 unspecified atom stereocenters. The molecule has 4 heterocycles. The van der Waals surface area contributed by atoms with E-state index in [-0.39, 0.29) is 14.9 Å². The Kier molecular flexibility index (Phi) is 16.0. The number of benzene rings is 16. The standard InChI is InChI=1S/2C48H32N2.2CH4/c2*1-3-13-33(14-4-1)35-17-11-19-39(29-35)49-45-23-9-7-21-41(45)43-31-37(25-27-47(43)49)38-26-28-48-44(32-38)42-22-8-10-24-46(42)50(48)40-20-12-18-36(30-40)34-15-5-2-6-16-34;;/h2*1-32H;2*1H4. The zero-order valence-electron chi connectivity index (χ0n) is 54.7. The summed E-state index contributed by atoms with van der Waals surface area (Å²) in [6, 6.07) is 141. The summed E-state index contributed by atoms with van der Waals surface area (Å²) in [4.78, 5) is 0. The second kappa shape index (κ2) is 26.2. The van der Waals surface area contributed by atoms with Gasteiger partial charge in [0, 0.05) is 65.8 Å². The van der Waals surface area contributed by atoms with E-state index in [2.05, 4.69) is 407 Å². The van der Waals surface area contributed by atoms with E-state index >= 15 is 0 Å². The Morgan fingerprint density at radius 2 is 0.294 bits per heavy atom. The molecular weight excluding hydrogens is 1230 g/mol. The van der Waals surface area contributed by atoms with E-state index in [4.69, 9.17) is 0 Å². The van der Waals surface area contributed by atoms with Crippen molar-refractivity contribution in [3.8, 4) is 89.5 Å². The van der Waals surface area contributed by atoms with Crippen LogP contribution in [0.3, 0.4) is 0 Å². The molecule has 0 aliphatic carbocycles. The van der Waals surface area contributed by atoms with Gasteiger partial charge in [-0.25, -0.2) is 0 Å². The number of hydrogen-bond donors (Lipinski definition) is 0. The van der Waals surface area contributed by atoms with Crippen LogP contribution in [0.2, 0.25) is 0 Å². The third kappa shape index (κ3) is 10.8. The van der Waals surface area contributed by atoms with Crippen LogP contribution in [-0.2, 0) is 0 Å². The van der Waals surface area contributed by atoms with Gasteiger partial charge in [0.05, 0.1) is 44.1 Å². The third-order valence-corrected chi connectivity index (χ3v) is 20.2. The zero-order valence-corrected chi connectivity index (χ0v) is 54.7. The summed E-state index contributed by atoms with van der Waals surface area (Å²) in [5.74, 6) is 0. The lowest BCUT2D eigenvalue weighted by molar-refractivity contribution is 1.18. The lowest BCUT2D eigenvalue weighted by atomic mass is 10.0. The van der Waals surface area contributed by atoms with Gasteiger partial charge in [-0.2, -0.15) is 0 Å². The average Bonchev–Trinajstić information content (AvgIpc) is 1.61. The molecular formula is C98H72N4.